The summed E-state index contributed by atoms with van der Waals surface area (Å²) >= 11 is 0. The Morgan fingerprint density at radius 1 is 1.35 bits per heavy atom. The van der Waals surface area contributed by atoms with E-state index in [9.17, 15) is 0 Å². The van der Waals surface area contributed by atoms with E-state index in [1.165, 1.54) is 18.4 Å². The second kappa shape index (κ2) is 6.03. The molecule has 0 saturated heterocycles. The van der Waals surface area contributed by atoms with Gasteiger partial charge in [-0.25, -0.2) is 0 Å². The van der Waals surface area contributed by atoms with Gasteiger partial charge in [-0.15, -0.1) is 0 Å². The van der Waals surface area contributed by atoms with E-state index in [1.54, 1.807) is 0 Å². The second-order valence-corrected chi connectivity index (χ2v) is 4.67. The molecule has 1 fully saturated rings. The average Bonchev–Trinajstić information content (AvgIpc) is 3.11. The fourth-order valence-corrected chi connectivity index (χ4v) is 1.85. The average molecular weight is 235 g/mol. The van der Waals surface area contributed by atoms with Gasteiger partial charge < -0.3 is 14.8 Å². The second-order valence-electron chi connectivity index (χ2n) is 4.67. The third kappa shape index (κ3) is 3.72. The molecule has 2 rings (SSSR count). The van der Waals surface area contributed by atoms with Gasteiger partial charge >= 0.3 is 0 Å². The SMILES string of the molecule is CNCc1cccc(C)c1OCOCC1CC1. The van der Waals surface area contributed by atoms with Gasteiger partial charge in [0, 0.05) is 12.1 Å². The Morgan fingerprint density at radius 3 is 2.88 bits per heavy atom. The normalized spacial score (nSPS) is 14.9. The molecule has 1 aromatic rings. The fraction of sp³-hybridized carbons (Fsp3) is 0.571. The quantitative estimate of drug-likeness (QED) is 0.582. The molecule has 3 nitrogen and oxygen atoms in total. The van der Waals surface area contributed by atoms with Crippen LogP contribution in [0.4, 0.5) is 0 Å². The van der Waals surface area contributed by atoms with Crippen molar-refractivity contribution in [1.29, 1.82) is 0 Å². The van der Waals surface area contributed by atoms with E-state index in [1.807, 2.05) is 7.05 Å². The first-order valence-corrected chi connectivity index (χ1v) is 6.25. The minimum Gasteiger partial charge on any atom is -0.467 e. The van der Waals surface area contributed by atoms with E-state index >= 15 is 0 Å². The Labute approximate surface area is 103 Å². The maximum Gasteiger partial charge on any atom is 0.189 e. The van der Waals surface area contributed by atoms with Crippen molar-refractivity contribution in [2.75, 3.05) is 20.4 Å². The molecule has 0 spiro atoms. The molecule has 0 aliphatic heterocycles. The minimum absolute atomic E-state index is 0.359. The predicted molar refractivity (Wildman–Crippen MR) is 68.1 cm³/mol. The zero-order valence-corrected chi connectivity index (χ0v) is 10.7. The molecule has 0 bridgehead atoms. The molecule has 0 aromatic heterocycles. The summed E-state index contributed by atoms with van der Waals surface area (Å²) in [5, 5.41) is 3.15. The van der Waals surface area contributed by atoms with Gasteiger partial charge in [-0.05, 0) is 38.3 Å². The lowest BCUT2D eigenvalue weighted by Crippen LogP contribution is -2.11. The van der Waals surface area contributed by atoms with E-state index in [4.69, 9.17) is 9.47 Å². The van der Waals surface area contributed by atoms with Crippen molar-refractivity contribution < 1.29 is 9.47 Å². The van der Waals surface area contributed by atoms with Crippen molar-refractivity contribution in [3.8, 4) is 5.75 Å². The minimum atomic E-state index is 0.359. The van der Waals surface area contributed by atoms with Crippen molar-refractivity contribution in [2.24, 2.45) is 5.92 Å². The van der Waals surface area contributed by atoms with Gasteiger partial charge in [-0.1, -0.05) is 18.2 Å². The summed E-state index contributed by atoms with van der Waals surface area (Å²) < 4.78 is 11.2. The summed E-state index contributed by atoms with van der Waals surface area (Å²) in [6, 6.07) is 6.20. The summed E-state index contributed by atoms with van der Waals surface area (Å²) in [5.74, 6) is 1.74. The van der Waals surface area contributed by atoms with Crippen molar-refractivity contribution in [3.63, 3.8) is 0 Å². The Bertz CT molecular complexity index is 361. The maximum absolute atomic E-state index is 5.74. The summed E-state index contributed by atoms with van der Waals surface area (Å²) in [7, 11) is 1.94. The first kappa shape index (κ1) is 12.4. The molecule has 3 heteroatoms. The van der Waals surface area contributed by atoms with E-state index in [2.05, 4.69) is 30.4 Å². The number of nitrogens with one attached hydrogen (secondary N) is 1. The van der Waals surface area contributed by atoms with E-state index < -0.39 is 0 Å². The summed E-state index contributed by atoms with van der Waals surface area (Å²) in [4.78, 5) is 0. The molecule has 0 heterocycles. The van der Waals surface area contributed by atoms with Crippen LogP contribution in [0.25, 0.3) is 0 Å². The number of ether oxygens (including phenoxy) is 2. The van der Waals surface area contributed by atoms with E-state index in [0.29, 0.717) is 6.79 Å². The molecule has 1 saturated carbocycles. The Balaban J connectivity index is 1.87. The van der Waals surface area contributed by atoms with Crippen LogP contribution in [0.1, 0.15) is 24.0 Å². The van der Waals surface area contributed by atoms with Crippen molar-refractivity contribution >= 4 is 0 Å². The number of hydrogen-bond acceptors (Lipinski definition) is 3. The van der Waals surface area contributed by atoms with Gasteiger partial charge in [0.2, 0.25) is 0 Å². The van der Waals surface area contributed by atoms with E-state index in [-0.39, 0.29) is 0 Å². The monoisotopic (exact) mass is 235 g/mol. The molecule has 0 unspecified atom stereocenters. The molecule has 94 valence electrons. The topological polar surface area (TPSA) is 30.5 Å². The molecule has 0 atom stereocenters. The third-order valence-corrected chi connectivity index (χ3v) is 3.00. The van der Waals surface area contributed by atoms with Gasteiger partial charge in [0.05, 0.1) is 6.61 Å². The highest BCUT2D eigenvalue weighted by atomic mass is 16.7. The standard InChI is InChI=1S/C14H21NO2/c1-11-4-3-5-13(8-15-2)14(11)17-10-16-9-12-6-7-12/h3-5,12,15H,6-10H2,1-2H3. The van der Waals surface area contributed by atoms with Crippen LogP contribution in [0.3, 0.4) is 0 Å². The van der Waals surface area contributed by atoms with Gasteiger partial charge in [0.1, 0.15) is 5.75 Å². The van der Waals surface area contributed by atoms with Crippen LogP contribution >= 0.6 is 0 Å². The molecule has 1 N–H and O–H groups in total. The van der Waals surface area contributed by atoms with Crippen LogP contribution in [0.5, 0.6) is 5.75 Å². The number of rotatable bonds is 7. The first-order valence-electron chi connectivity index (χ1n) is 6.25. The first-order chi connectivity index (χ1) is 8.31. The molecular formula is C14H21NO2. The lowest BCUT2D eigenvalue weighted by atomic mass is 10.1. The molecule has 17 heavy (non-hydrogen) atoms. The fourth-order valence-electron chi connectivity index (χ4n) is 1.85. The summed E-state index contributed by atoms with van der Waals surface area (Å²) in [5.41, 5.74) is 2.34. The van der Waals surface area contributed by atoms with Crippen LogP contribution in [0, 0.1) is 12.8 Å². The van der Waals surface area contributed by atoms with Crippen molar-refractivity contribution in [2.45, 2.75) is 26.3 Å². The van der Waals surface area contributed by atoms with Gasteiger partial charge in [-0.3, -0.25) is 0 Å². The molecule has 0 radical (unpaired) electrons. The van der Waals surface area contributed by atoms with Crippen molar-refractivity contribution in [3.05, 3.63) is 29.3 Å². The predicted octanol–water partition coefficient (Wildman–Crippen LogP) is 2.48. The number of benzene rings is 1. The lowest BCUT2D eigenvalue weighted by molar-refractivity contribution is 0.00905. The zero-order valence-electron chi connectivity index (χ0n) is 10.7. The molecule has 0 amide bonds. The molecule has 1 aliphatic carbocycles. The van der Waals surface area contributed by atoms with Crippen LogP contribution in [0.15, 0.2) is 18.2 Å². The maximum atomic E-state index is 5.74. The summed E-state index contributed by atoms with van der Waals surface area (Å²) in [6.07, 6.45) is 2.63. The highest BCUT2D eigenvalue weighted by Gasteiger charge is 2.21. The smallest absolute Gasteiger partial charge is 0.189 e. The van der Waals surface area contributed by atoms with Crippen LogP contribution < -0.4 is 10.1 Å². The number of aryl methyl sites for hydroxylation is 1. The highest BCUT2D eigenvalue weighted by Crippen LogP contribution is 2.29. The third-order valence-electron chi connectivity index (χ3n) is 3.00. The van der Waals surface area contributed by atoms with Gasteiger partial charge in [0.15, 0.2) is 6.79 Å². The zero-order chi connectivity index (χ0) is 12.1. The van der Waals surface area contributed by atoms with Gasteiger partial charge in [0.25, 0.3) is 0 Å². The lowest BCUT2D eigenvalue weighted by Gasteiger charge is -2.14. The Hall–Kier alpha value is -1.06. The highest BCUT2D eigenvalue weighted by molar-refractivity contribution is 5.40. The Kier molecular flexibility index (Phi) is 4.40. The van der Waals surface area contributed by atoms with Crippen LogP contribution in [-0.4, -0.2) is 20.4 Å². The Morgan fingerprint density at radius 2 is 2.18 bits per heavy atom. The van der Waals surface area contributed by atoms with E-state index in [0.717, 1.165) is 30.4 Å². The molecular weight excluding hydrogens is 214 g/mol. The largest absolute Gasteiger partial charge is 0.467 e. The number of para-hydroxylation sites is 1. The summed E-state index contributed by atoms with van der Waals surface area (Å²) in [6.45, 7) is 4.08. The van der Waals surface area contributed by atoms with Crippen LogP contribution in [0.2, 0.25) is 0 Å². The van der Waals surface area contributed by atoms with Gasteiger partial charge in [-0.2, -0.15) is 0 Å². The number of hydrogen-bond donors (Lipinski definition) is 1. The van der Waals surface area contributed by atoms with Crippen molar-refractivity contribution in [1.82, 2.24) is 5.32 Å². The molecule has 1 aliphatic rings. The molecule has 1 aromatic carbocycles. The van der Waals surface area contributed by atoms with Crippen LogP contribution in [-0.2, 0) is 11.3 Å².